The fourth-order valence-electron chi connectivity index (χ4n) is 1.39. The first-order valence-electron chi connectivity index (χ1n) is 4.99. The van der Waals surface area contributed by atoms with Crippen LogP contribution < -0.4 is 0 Å². The lowest BCUT2D eigenvalue weighted by atomic mass is 10.2. The molecule has 1 aromatic heterocycles. The van der Waals surface area contributed by atoms with Gasteiger partial charge in [0.15, 0.2) is 0 Å². The maximum atomic E-state index is 12.1. The van der Waals surface area contributed by atoms with E-state index in [2.05, 4.69) is 16.8 Å². The number of nitrogens with one attached hydrogen (secondary N) is 1. The molecule has 0 fully saturated rings. The van der Waals surface area contributed by atoms with Crippen LogP contribution in [-0.2, 0) is 0 Å². The second-order valence-electron chi connectivity index (χ2n) is 3.75. The highest BCUT2D eigenvalue weighted by atomic mass is 16.2. The van der Waals surface area contributed by atoms with Gasteiger partial charge in [-0.2, -0.15) is 5.10 Å². The van der Waals surface area contributed by atoms with Gasteiger partial charge in [-0.1, -0.05) is 6.08 Å². The van der Waals surface area contributed by atoms with Crippen LogP contribution in [0.2, 0.25) is 0 Å². The van der Waals surface area contributed by atoms with Crippen LogP contribution >= 0.6 is 0 Å². The molecule has 82 valence electrons. The third-order valence-corrected chi connectivity index (χ3v) is 2.27. The SMILES string of the molecule is C=CCN(C(=O)c1cn[nH]c1C)C(C)C. The van der Waals surface area contributed by atoms with Crippen molar-refractivity contribution in [2.24, 2.45) is 0 Å². The van der Waals surface area contributed by atoms with Crippen LogP contribution in [0.3, 0.4) is 0 Å². The molecule has 4 heteroatoms. The Labute approximate surface area is 90.0 Å². The smallest absolute Gasteiger partial charge is 0.257 e. The summed E-state index contributed by atoms with van der Waals surface area (Å²) in [4.78, 5) is 13.8. The largest absolute Gasteiger partial charge is 0.332 e. The molecule has 1 heterocycles. The Balaban J connectivity index is 2.90. The van der Waals surface area contributed by atoms with Crippen LogP contribution in [-0.4, -0.2) is 33.6 Å². The Morgan fingerprint density at radius 3 is 2.80 bits per heavy atom. The molecule has 0 unspecified atom stereocenters. The van der Waals surface area contributed by atoms with Crippen molar-refractivity contribution in [3.8, 4) is 0 Å². The molecular weight excluding hydrogens is 190 g/mol. The highest BCUT2D eigenvalue weighted by Gasteiger charge is 2.19. The number of hydrogen-bond donors (Lipinski definition) is 1. The zero-order chi connectivity index (χ0) is 11.4. The molecule has 1 amide bonds. The van der Waals surface area contributed by atoms with Gasteiger partial charge in [-0.25, -0.2) is 0 Å². The van der Waals surface area contributed by atoms with Crippen molar-refractivity contribution in [3.05, 3.63) is 30.1 Å². The van der Waals surface area contributed by atoms with Gasteiger partial charge in [-0.3, -0.25) is 9.89 Å². The van der Waals surface area contributed by atoms with Crippen LogP contribution in [0.25, 0.3) is 0 Å². The standard InChI is InChI=1S/C11H17N3O/c1-5-6-14(8(2)3)11(15)10-7-12-13-9(10)4/h5,7-8H,1,6H2,2-4H3,(H,12,13). The minimum absolute atomic E-state index is 0.00356. The van der Waals surface area contributed by atoms with E-state index in [0.717, 1.165) is 5.69 Å². The van der Waals surface area contributed by atoms with Crippen molar-refractivity contribution in [1.29, 1.82) is 0 Å². The number of H-pyrrole nitrogens is 1. The monoisotopic (exact) mass is 207 g/mol. The van der Waals surface area contributed by atoms with Gasteiger partial charge >= 0.3 is 0 Å². The molecule has 0 spiro atoms. The summed E-state index contributed by atoms with van der Waals surface area (Å²) in [5, 5.41) is 6.61. The van der Waals surface area contributed by atoms with Crippen molar-refractivity contribution < 1.29 is 4.79 Å². The van der Waals surface area contributed by atoms with E-state index in [-0.39, 0.29) is 11.9 Å². The molecule has 0 aliphatic heterocycles. The molecular formula is C11H17N3O. The number of carbonyl (C=O) groups excluding carboxylic acids is 1. The second kappa shape index (κ2) is 4.77. The van der Waals surface area contributed by atoms with Crippen LogP contribution in [0, 0.1) is 6.92 Å². The minimum atomic E-state index is -0.00356. The van der Waals surface area contributed by atoms with Crippen molar-refractivity contribution in [3.63, 3.8) is 0 Å². The lowest BCUT2D eigenvalue weighted by Gasteiger charge is -2.25. The van der Waals surface area contributed by atoms with E-state index >= 15 is 0 Å². The maximum absolute atomic E-state index is 12.1. The normalized spacial score (nSPS) is 10.4. The Kier molecular flexibility index (Phi) is 3.66. The van der Waals surface area contributed by atoms with E-state index in [1.54, 1.807) is 17.2 Å². The molecule has 1 N–H and O–H groups in total. The van der Waals surface area contributed by atoms with Gasteiger partial charge in [0, 0.05) is 18.3 Å². The number of rotatable bonds is 4. The fourth-order valence-corrected chi connectivity index (χ4v) is 1.39. The minimum Gasteiger partial charge on any atom is -0.332 e. The summed E-state index contributed by atoms with van der Waals surface area (Å²) in [7, 11) is 0. The quantitative estimate of drug-likeness (QED) is 0.765. The van der Waals surface area contributed by atoms with E-state index in [1.165, 1.54) is 0 Å². The van der Waals surface area contributed by atoms with Crippen LogP contribution in [0.15, 0.2) is 18.9 Å². The summed E-state index contributed by atoms with van der Waals surface area (Å²) >= 11 is 0. The molecule has 0 bridgehead atoms. The highest BCUT2D eigenvalue weighted by molar-refractivity contribution is 5.95. The van der Waals surface area contributed by atoms with E-state index in [0.29, 0.717) is 12.1 Å². The Morgan fingerprint density at radius 2 is 2.40 bits per heavy atom. The van der Waals surface area contributed by atoms with Crippen molar-refractivity contribution >= 4 is 5.91 Å². The molecule has 0 aromatic carbocycles. The predicted molar refractivity (Wildman–Crippen MR) is 59.7 cm³/mol. The summed E-state index contributed by atoms with van der Waals surface area (Å²) < 4.78 is 0. The highest BCUT2D eigenvalue weighted by Crippen LogP contribution is 2.10. The van der Waals surface area contributed by atoms with Gasteiger partial charge in [-0.05, 0) is 20.8 Å². The summed E-state index contributed by atoms with van der Waals surface area (Å²) in [5.74, 6) is -0.00356. The van der Waals surface area contributed by atoms with E-state index in [1.807, 2.05) is 20.8 Å². The van der Waals surface area contributed by atoms with Crippen molar-refractivity contribution in [1.82, 2.24) is 15.1 Å². The summed E-state index contributed by atoms with van der Waals surface area (Å²) in [6.07, 6.45) is 3.30. The lowest BCUT2D eigenvalue weighted by molar-refractivity contribution is 0.0728. The molecule has 4 nitrogen and oxygen atoms in total. The van der Waals surface area contributed by atoms with E-state index in [4.69, 9.17) is 0 Å². The first-order chi connectivity index (χ1) is 7.07. The van der Waals surface area contributed by atoms with Gasteiger partial charge in [-0.15, -0.1) is 6.58 Å². The van der Waals surface area contributed by atoms with E-state index in [9.17, 15) is 4.79 Å². The lowest BCUT2D eigenvalue weighted by Crippen LogP contribution is -2.37. The van der Waals surface area contributed by atoms with Gasteiger partial charge in [0.25, 0.3) is 5.91 Å². The number of carbonyl (C=O) groups is 1. The van der Waals surface area contributed by atoms with Gasteiger partial charge in [0.05, 0.1) is 11.8 Å². The molecule has 0 aliphatic rings. The number of aromatic nitrogens is 2. The Bertz CT molecular complexity index is 354. The second-order valence-corrected chi connectivity index (χ2v) is 3.75. The average Bonchev–Trinajstić information content (AvgIpc) is 2.59. The molecule has 0 aliphatic carbocycles. The Hall–Kier alpha value is -1.58. The molecule has 1 rings (SSSR count). The number of nitrogens with zero attached hydrogens (tertiary/aromatic N) is 2. The zero-order valence-corrected chi connectivity index (χ0v) is 9.45. The Morgan fingerprint density at radius 1 is 1.73 bits per heavy atom. The van der Waals surface area contributed by atoms with Gasteiger partial charge in [0.2, 0.25) is 0 Å². The maximum Gasteiger partial charge on any atom is 0.257 e. The molecule has 0 saturated carbocycles. The fraction of sp³-hybridized carbons (Fsp3) is 0.455. The first-order valence-corrected chi connectivity index (χ1v) is 4.99. The van der Waals surface area contributed by atoms with Crippen LogP contribution in [0.5, 0.6) is 0 Å². The van der Waals surface area contributed by atoms with Crippen LogP contribution in [0.4, 0.5) is 0 Å². The first kappa shape index (κ1) is 11.5. The molecule has 15 heavy (non-hydrogen) atoms. The molecule has 0 radical (unpaired) electrons. The number of amides is 1. The molecule has 1 aromatic rings. The third-order valence-electron chi connectivity index (χ3n) is 2.27. The number of aryl methyl sites for hydroxylation is 1. The van der Waals surface area contributed by atoms with E-state index < -0.39 is 0 Å². The summed E-state index contributed by atoms with van der Waals surface area (Å²) in [6.45, 7) is 10.0. The van der Waals surface area contributed by atoms with Gasteiger partial charge in [0.1, 0.15) is 0 Å². The third kappa shape index (κ3) is 2.46. The molecule has 0 atom stereocenters. The number of hydrogen-bond acceptors (Lipinski definition) is 2. The zero-order valence-electron chi connectivity index (χ0n) is 9.45. The van der Waals surface area contributed by atoms with Crippen molar-refractivity contribution in [2.75, 3.05) is 6.54 Å². The predicted octanol–water partition coefficient (Wildman–Crippen LogP) is 1.75. The topological polar surface area (TPSA) is 49.0 Å². The van der Waals surface area contributed by atoms with Crippen molar-refractivity contribution in [2.45, 2.75) is 26.8 Å². The average molecular weight is 207 g/mol. The molecule has 0 saturated heterocycles. The summed E-state index contributed by atoms with van der Waals surface area (Å²) in [6, 6.07) is 0.157. The van der Waals surface area contributed by atoms with Gasteiger partial charge < -0.3 is 4.90 Å². The van der Waals surface area contributed by atoms with Crippen LogP contribution in [0.1, 0.15) is 29.9 Å². The summed E-state index contributed by atoms with van der Waals surface area (Å²) in [5.41, 5.74) is 1.43. The number of aromatic amines is 1.